The molecule has 10 heteroatoms. The summed E-state index contributed by atoms with van der Waals surface area (Å²) < 4.78 is 6.99. The number of carbonyl (C=O) groups excluding carboxylic acids is 1. The van der Waals surface area contributed by atoms with Gasteiger partial charge in [-0.05, 0) is 49.7 Å². The first-order chi connectivity index (χ1) is 15.5. The number of pyridine rings is 1. The number of methoxy groups -OCH3 is 1. The summed E-state index contributed by atoms with van der Waals surface area (Å²) in [6.07, 6.45) is 5.32. The predicted octanol–water partition coefficient (Wildman–Crippen LogP) is 4.48. The van der Waals surface area contributed by atoms with Crippen molar-refractivity contribution in [1.82, 2.24) is 24.8 Å². The summed E-state index contributed by atoms with van der Waals surface area (Å²) in [7, 11) is 1.66. The van der Waals surface area contributed by atoms with Crippen LogP contribution in [0.15, 0.2) is 41.7 Å². The van der Waals surface area contributed by atoms with E-state index in [0.29, 0.717) is 27.4 Å². The Morgan fingerprint density at radius 1 is 1.19 bits per heavy atom. The summed E-state index contributed by atoms with van der Waals surface area (Å²) in [6.45, 7) is 2.62. The summed E-state index contributed by atoms with van der Waals surface area (Å²) in [6, 6.07) is 9.84. The highest BCUT2D eigenvalue weighted by Crippen LogP contribution is 2.27. The molecule has 0 bridgehead atoms. The number of ether oxygens (including phenoxy) is 1. The molecule has 1 aliphatic rings. The normalized spacial score (nSPS) is 15.6. The SMILES string of the molecule is COc1ccc([C@@H](CNC(=O)CSc2nnc3c(Cl)cc(Cl)cn23)N2CCCCC2)cc1. The first-order valence-electron chi connectivity index (χ1n) is 10.5. The second-order valence-corrected chi connectivity index (χ2v) is 9.45. The average molecular weight is 494 g/mol. The zero-order chi connectivity index (χ0) is 22.5. The molecule has 7 nitrogen and oxygen atoms in total. The molecule has 170 valence electrons. The number of likely N-dealkylation sites (tertiary alicyclic amines) is 1. The highest BCUT2D eigenvalue weighted by atomic mass is 35.5. The second kappa shape index (κ2) is 10.7. The number of nitrogens with zero attached hydrogens (tertiary/aromatic N) is 4. The van der Waals surface area contributed by atoms with E-state index in [0.717, 1.165) is 18.8 Å². The van der Waals surface area contributed by atoms with E-state index in [1.807, 2.05) is 12.1 Å². The van der Waals surface area contributed by atoms with Crippen molar-refractivity contribution in [3.63, 3.8) is 0 Å². The molecule has 1 amide bonds. The standard InChI is InChI=1S/C22H25Cl2N5O2S/c1-31-17-7-5-15(6-8-17)19(28-9-3-2-4-10-28)12-25-20(30)14-32-22-27-26-21-18(24)11-16(23)13-29(21)22/h5-8,11,13,19H,2-4,9-10,12,14H2,1H3,(H,25,30)/t19-/m1/s1. The van der Waals surface area contributed by atoms with Crippen molar-refractivity contribution in [2.24, 2.45) is 0 Å². The van der Waals surface area contributed by atoms with Crippen molar-refractivity contribution >= 4 is 46.5 Å². The first-order valence-corrected chi connectivity index (χ1v) is 12.3. The summed E-state index contributed by atoms with van der Waals surface area (Å²) in [5.41, 5.74) is 1.69. The fourth-order valence-electron chi connectivity index (χ4n) is 3.91. The fraction of sp³-hybridized carbons (Fsp3) is 0.409. The van der Waals surface area contributed by atoms with Gasteiger partial charge in [0.2, 0.25) is 5.91 Å². The monoisotopic (exact) mass is 493 g/mol. The Balaban J connectivity index is 1.39. The number of rotatable bonds is 8. The quantitative estimate of drug-likeness (QED) is 0.466. The van der Waals surface area contributed by atoms with Gasteiger partial charge in [-0.1, -0.05) is 53.5 Å². The van der Waals surface area contributed by atoms with Crippen LogP contribution in [0.5, 0.6) is 5.75 Å². The van der Waals surface area contributed by atoms with Crippen molar-refractivity contribution in [3.8, 4) is 5.75 Å². The fourth-order valence-corrected chi connectivity index (χ4v) is 5.15. The third-order valence-electron chi connectivity index (χ3n) is 5.55. The zero-order valence-electron chi connectivity index (χ0n) is 17.8. The lowest BCUT2D eigenvalue weighted by atomic mass is 10.0. The van der Waals surface area contributed by atoms with Gasteiger partial charge in [-0.2, -0.15) is 0 Å². The van der Waals surface area contributed by atoms with Gasteiger partial charge in [0.15, 0.2) is 10.8 Å². The molecule has 1 aromatic carbocycles. The van der Waals surface area contributed by atoms with Crippen LogP contribution < -0.4 is 10.1 Å². The Morgan fingerprint density at radius 3 is 2.66 bits per heavy atom. The molecular formula is C22H25Cl2N5O2S. The number of nitrogens with one attached hydrogen (secondary N) is 1. The second-order valence-electron chi connectivity index (χ2n) is 7.66. The van der Waals surface area contributed by atoms with E-state index in [1.165, 1.54) is 36.6 Å². The number of halogens is 2. The molecule has 4 rings (SSSR count). The van der Waals surface area contributed by atoms with Crippen LogP contribution in [0.25, 0.3) is 5.65 Å². The number of fused-ring (bicyclic) bond motifs is 1. The minimum atomic E-state index is -0.0598. The molecule has 1 N–H and O–H groups in total. The van der Waals surface area contributed by atoms with E-state index >= 15 is 0 Å². The van der Waals surface area contributed by atoms with Gasteiger partial charge in [0.05, 0.1) is 28.9 Å². The van der Waals surface area contributed by atoms with E-state index in [2.05, 4.69) is 32.5 Å². The van der Waals surface area contributed by atoms with Crippen molar-refractivity contribution in [1.29, 1.82) is 0 Å². The lowest BCUT2D eigenvalue weighted by molar-refractivity contribution is -0.118. The Bertz CT molecular complexity index is 1070. The largest absolute Gasteiger partial charge is 0.497 e. The maximum atomic E-state index is 12.6. The van der Waals surface area contributed by atoms with Crippen LogP contribution >= 0.6 is 35.0 Å². The molecule has 32 heavy (non-hydrogen) atoms. The van der Waals surface area contributed by atoms with Crippen LogP contribution in [0, 0.1) is 0 Å². The number of hydrogen-bond donors (Lipinski definition) is 1. The van der Waals surface area contributed by atoms with Gasteiger partial charge in [0.25, 0.3) is 0 Å². The molecule has 0 radical (unpaired) electrons. The maximum Gasteiger partial charge on any atom is 0.230 e. The Labute approximate surface area is 201 Å². The third kappa shape index (κ3) is 5.49. The minimum Gasteiger partial charge on any atom is -0.497 e. The predicted molar refractivity (Wildman–Crippen MR) is 128 cm³/mol. The van der Waals surface area contributed by atoms with Crippen molar-refractivity contribution in [3.05, 3.63) is 52.1 Å². The summed E-state index contributed by atoms with van der Waals surface area (Å²) in [5, 5.41) is 12.8. The average Bonchev–Trinajstić information content (AvgIpc) is 3.22. The molecule has 1 fully saturated rings. The lowest BCUT2D eigenvalue weighted by Gasteiger charge is -2.35. The van der Waals surface area contributed by atoms with Crippen LogP contribution in [0.3, 0.4) is 0 Å². The minimum absolute atomic E-state index is 0.0598. The number of benzene rings is 1. The van der Waals surface area contributed by atoms with E-state index in [4.69, 9.17) is 27.9 Å². The van der Waals surface area contributed by atoms with Gasteiger partial charge in [-0.15, -0.1) is 10.2 Å². The zero-order valence-corrected chi connectivity index (χ0v) is 20.1. The van der Waals surface area contributed by atoms with E-state index in [-0.39, 0.29) is 17.7 Å². The van der Waals surface area contributed by atoms with Gasteiger partial charge >= 0.3 is 0 Å². The van der Waals surface area contributed by atoms with Crippen LogP contribution in [-0.4, -0.2) is 57.9 Å². The van der Waals surface area contributed by atoms with Crippen LogP contribution in [0.2, 0.25) is 10.0 Å². The van der Waals surface area contributed by atoms with Gasteiger partial charge in [0, 0.05) is 12.7 Å². The van der Waals surface area contributed by atoms with Crippen LogP contribution in [0.4, 0.5) is 0 Å². The Hall–Kier alpha value is -2.00. The molecule has 3 heterocycles. The van der Waals surface area contributed by atoms with Gasteiger partial charge in [-0.3, -0.25) is 14.1 Å². The number of piperidine rings is 1. The van der Waals surface area contributed by atoms with Crippen molar-refractivity contribution in [2.45, 2.75) is 30.5 Å². The van der Waals surface area contributed by atoms with E-state index in [9.17, 15) is 4.79 Å². The molecule has 1 atom stereocenters. The van der Waals surface area contributed by atoms with Crippen LogP contribution in [-0.2, 0) is 4.79 Å². The van der Waals surface area contributed by atoms with E-state index in [1.54, 1.807) is 23.8 Å². The number of thioether (sulfide) groups is 1. The molecule has 0 unspecified atom stereocenters. The maximum absolute atomic E-state index is 12.6. The van der Waals surface area contributed by atoms with E-state index < -0.39 is 0 Å². The summed E-state index contributed by atoms with van der Waals surface area (Å²) in [5.74, 6) is 0.989. The molecule has 2 aromatic heterocycles. The highest BCUT2D eigenvalue weighted by molar-refractivity contribution is 7.99. The topological polar surface area (TPSA) is 71.8 Å². The molecule has 0 aliphatic carbocycles. The molecule has 1 aliphatic heterocycles. The number of aromatic nitrogens is 3. The molecule has 1 saturated heterocycles. The van der Waals surface area contributed by atoms with Gasteiger partial charge in [-0.25, -0.2) is 0 Å². The van der Waals surface area contributed by atoms with Crippen molar-refractivity contribution < 1.29 is 9.53 Å². The Morgan fingerprint density at radius 2 is 1.94 bits per heavy atom. The smallest absolute Gasteiger partial charge is 0.230 e. The highest BCUT2D eigenvalue weighted by Gasteiger charge is 2.23. The number of hydrogen-bond acceptors (Lipinski definition) is 6. The van der Waals surface area contributed by atoms with Crippen molar-refractivity contribution in [2.75, 3.05) is 32.5 Å². The van der Waals surface area contributed by atoms with Gasteiger partial charge in [0.1, 0.15) is 5.75 Å². The Kier molecular flexibility index (Phi) is 7.78. The molecule has 0 saturated carbocycles. The first kappa shape index (κ1) is 23.2. The summed E-state index contributed by atoms with van der Waals surface area (Å²) >= 11 is 13.6. The van der Waals surface area contributed by atoms with Gasteiger partial charge < -0.3 is 10.1 Å². The number of amides is 1. The summed E-state index contributed by atoms with van der Waals surface area (Å²) in [4.78, 5) is 15.1. The molecular weight excluding hydrogens is 469 g/mol. The van der Waals surface area contributed by atoms with Crippen LogP contribution in [0.1, 0.15) is 30.9 Å². The molecule has 3 aromatic rings. The molecule has 0 spiro atoms. The lowest BCUT2D eigenvalue weighted by Crippen LogP contribution is -2.41. The number of carbonyl (C=O) groups is 1. The third-order valence-corrected chi connectivity index (χ3v) is 6.98.